The van der Waals surface area contributed by atoms with Gasteiger partial charge < -0.3 is 25.0 Å². The highest BCUT2D eigenvalue weighted by atomic mass is 32.2. The van der Waals surface area contributed by atoms with Gasteiger partial charge in [-0.25, -0.2) is 15.0 Å². The molecule has 0 aliphatic carbocycles. The van der Waals surface area contributed by atoms with Crippen molar-refractivity contribution in [2.75, 3.05) is 36.5 Å². The van der Waals surface area contributed by atoms with Gasteiger partial charge in [0.05, 0.1) is 0 Å². The highest BCUT2D eigenvalue weighted by Crippen LogP contribution is 2.31. The number of rotatable bonds is 6. The Kier molecular flexibility index (Phi) is 7.20. The maximum atomic E-state index is 5.66. The molecular weight excluding hydrogens is 470 g/mol. The fourth-order valence-corrected chi connectivity index (χ4v) is 4.64. The SMILES string of the molecule is S=C(NCc1ccc2c(c1)OCCO2)Nc1nc(Sc2ncccn2)cc(N2CCCCC2)n1. The minimum Gasteiger partial charge on any atom is -0.486 e. The van der Waals surface area contributed by atoms with Crippen molar-refractivity contribution < 1.29 is 9.47 Å². The van der Waals surface area contributed by atoms with E-state index in [1.54, 1.807) is 18.5 Å². The Hall–Kier alpha value is -3.18. The molecule has 2 aliphatic heterocycles. The fraction of sp³-hybridized carbons (Fsp3) is 0.348. The maximum Gasteiger partial charge on any atom is 0.232 e. The lowest BCUT2D eigenvalue weighted by Gasteiger charge is -2.28. The number of benzene rings is 1. The van der Waals surface area contributed by atoms with Gasteiger partial charge in [-0.05, 0) is 67.0 Å². The summed E-state index contributed by atoms with van der Waals surface area (Å²) in [6.07, 6.45) is 7.01. The molecule has 0 amide bonds. The Bertz CT molecular complexity index is 1140. The molecule has 9 nitrogen and oxygen atoms in total. The van der Waals surface area contributed by atoms with E-state index < -0.39 is 0 Å². The largest absolute Gasteiger partial charge is 0.486 e. The Morgan fingerprint density at radius 2 is 1.79 bits per heavy atom. The molecule has 4 heterocycles. The number of nitrogens with zero attached hydrogens (tertiary/aromatic N) is 5. The van der Waals surface area contributed by atoms with E-state index in [0.717, 1.165) is 53.8 Å². The van der Waals surface area contributed by atoms with Gasteiger partial charge in [0.25, 0.3) is 0 Å². The Labute approximate surface area is 207 Å². The molecule has 1 saturated heterocycles. The molecule has 2 aromatic heterocycles. The van der Waals surface area contributed by atoms with Gasteiger partial charge in [0.2, 0.25) is 5.95 Å². The normalized spacial score (nSPS) is 15.0. The van der Waals surface area contributed by atoms with E-state index in [4.69, 9.17) is 26.7 Å². The van der Waals surface area contributed by atoms with Crippen molar-refractivity contribution in [3.63, 3.8) is 0 Å². The second-order valence-electron chi connectivity index (χ2n) is 7.85. The van der Waals surface area contributed by atoms with Crippen LogP contribution in [-0.2, 0) is 6.54 Å². The molecule has 1 fully saturated rings. The molecule has 1 aromatic carbocycles. The Morgan fingerprint density at radius 3 is 2.62 bits per heavy atom. The molecule has 0 spiro atoms. The number of thiocarbonyl (C=S) groups is 1. The molecule has 0 bridgehead atoms. The molecule has 34 heavy (non-hydrogen) atoms. The number of ether oxygens (including phenoxy) is 2. The number of hydrogen-bond donors (Lipinski definition) is 2. The van der Waals surface area contributed by atoms with Crippen LogP contribution in [0.25, 0.3) is 0 Å². The van der Waals surface area contributed by atoms with Gasteiger partial charge >= 0.3 is 0 Å². The van der Waals surface area contributed by atoms with Crippen LogP contribution in [0.5, 0.6) is 11.5 Å². The second kappa shape index (κ2) is 10.8. The molecule has 0 unspecified atom stereocenters. The number of nitrogens with one attached hydrogen (secondary N) is 2. The van der Waals surface area contributed by atoms with E-state index in [2.05, 4.69) is 30.5 Å². The molecule has 11 heteroatoms. The average molecular weight is 496 g/mol. The zero-order chi connectivity index (χ0) is 23.2. The first-order chi connectivity index (χ1) is 16.7. The van der Waals surface area contributed by atoms with Gasteiger partial charge in [-0.1, -0.05) is 6.07 Å². The number of piperidine rings is 1. The molecule has 2 aliphatic rings. The van der Waals surface area contributed by atoms with Crippen molar-refractivity contribution in [3.8, 4) is 11.5 Å². The minimum atomic E-state index is 0.442. The monoisotopic (exact) mass is 495 g/mol. The summed E-state index contributed by atoms with van der Waals surface area (Å²) in [6, 6.07) is 9.66. The van der Waals surface area contributed by atoms with Gasteiger partial charge in [0, 0.05) is 38.1 Å². The first kappa shape index (κ1) is 22.6. The third-order valence-corrected chi connectivity index (χ3v) is 6.45. The summed E-state index contributed by atoms with van der Waals surface area (Å²) in [5.41, 5.74) is 1.04. The lowest BCUT2D eigenvalue weighted by molar-refractivity contribution is 0.171. The maximum absolute atomic E-state index is 5.66. The van der Waals surface area contributed by atoms with Crippen LogP contribution in [0, 0.1) is 0 Å². The minimum absolute atomic E-state index is 0.442. The van der Waals surface area contributed by atoms with Crippen LogP contribution in [0.15, 0.2) is 52.9 Å². The third-order valence-electron chi connectivity index (χ3n) is 5.39. The van der Waals surface area contributed by atoms with Crippen LogP contribution in [-0.4, -0.2) is 51.4 Å². The number of aromatic nitrogens is 4. The summed E-state index contributed by atoms with van der Waals surface area (Å²) in [4.78, 5) is 20.3. The van der Waals surface area contributed by atoms with Crippen LogP contribution in [0.3, 0.4) is 0 Å². The summed E-state index contributed by atoms with van der Waals surface area (Å²) in [5, 5.41) is 8.20. The smallest absolute Gasteiger partial charge is 0.232 e. The summed E-state index contributed by atoms with van der Waals surface area (Å²) in [6.45, 7) is 3.63. The predicted molar refractivity (Wildman–Crippen MR) is 135 cm³/mol. The van der Waals surface area contributed by atoms with Gasteiger partial charge in [-0.3, -0.25) is 0 Å². The summed E-state index contributed by atoms with van der Waals surface area (Å²) >= 11 is 6.93. The lowest BCUT2D eigenvalue weighted by atomic mass is 10.1. The van der Waals surface area contributed by atoms with Crippen LogP contribution in [0.4, 0.5) is 11.8 Å². The van der Waals surface area contributed by atoms with E-state index in [1.165, 1.54) is 18.2 Å². The number of anilines is 2. The quantitative estimate of drug-likeness (QED) is 0.298. The zero-order valence-electron chi connectivity index (χ0n) is 18.6. The molecule has 0 saturated carbocycles. The first-order valence-electron chi connectivity index (χ1n) is 11.3. The second-order valence-corrected chi connectivity index (χ2v) is 9.25. The number of hydrogen-bond acceptors (Lipinski definition) is 9. The van der Waals surface area contributed by atoms with Crippen LogP contribution in [0.2, 0.25) is 0 Å². The van der Waals surface area contributed by atoms with Crippen LogP contribution >= 0.6 is 24.0 Å². The van der Waals surface area contributed by atoms with E-state index in [1.807, 2.05) is 24.3 Å². The molecule has 0 radical (unpaired) electrons. The Morgan fingerprint density at radius 1 is 1.00 bits per heavy atom. The van der Waals surface area contributed by atoms with Crippen molar-refractivity contribution in [2.45, 2.75) is 36.0 Å². The fourth-order valence-electron chi connectivity index (χ4n) is 3.76. The topological polar surface area (TPSA) is 97.3 Å². The molecule has 0 atom stereocenters. The van der Waals surface area contributed by atoms with Gasteiger partial charge in [-0.15, -0.1) is 0 Å². The van der Waals surface area contributed by atoms with Crippen molar-refractivity contribution in [1.29, 1.82) is 0 Å². The molecular formula is C23H25N7O2S2. The molecule has 176 valence electrons. The van der Waals surface area contributed by atoms with E-state index in [0.29, 0.717) is 36.0 Å². The zero-order valence-corrected chi connectivity index (χ0v) is 20.2. The van der Waals surface area contributed by atoms with E-state index >= 15 is 0 Å². The first-order valence-corrected chi connectivity index (χ1v) is 12.5. The summed E-state index contributed by atoms with van der Waals surface area (Å²) in [7, 11) is 0. The van der Waals surface area contributed by atoms with E-state index in [9.17, 15) is 0 Å². The third kappa shape index (κ3) is 5.84. The molecule has 3 aromatic rings. The van der Waals surface area contributed by atoms with Crippen LogP contribution in [0.1, 0.15) is 24.8 Å². The van der Waals surface area contributed by atoms with Crippen molar-refractivity contribution >= 4 is 40.9 Å². The van der Waals surface area contributed by atoms with Gasteiger partial charge in [0.1, 0.15) is 24.1 Å². The van der Waals surface area contributed by atoms with Crippen molar-refractivity contribution in [1.82, 2.24) is 25.3 Å². The van der Waals surface area contributed by atoms with Crippen molar-refractivity contribution in [2.24, 2.45) is 0 Å². The highest BCUT2D eigenvalue weighted by molar-refractivity contribution is 7.99. The Balaban J connectivity index is 1.28. The van der Waals surface area contributed by atoms with Crippen molar-refractivity contribution in [3.05, 3.63) is 48.3 Å². The highest BCUT2D eigenvalue weighted by Gasteiger charge is 2.17. The predicted octanol–water partition coefficient (Wildman–Crippen LogP) is 3.67. The lowest BCUT2D eigenvalue weighted by Crippen LogP contribution is -2.32. The standard InChI is InChI=1S/C23H25N7O2S2/c33-22(26-15-16-5-6-17-18(13-16)32-12-11-31-17)29-21-27-19(30-9-2-1-3-10-30)14-20(28-21)34-23-24-7-4-8-25-23/h4-8,13-14H,1-3,9-12,15H2,(H2,26,27,28,29,33). The van der Waals surface area contributed by atoms with Gasteiger partial charge in [0.15, 0.2) is 21.8 Å². The van der Waals surface area contributed by atoms with Crippen LogP contribution < -0.4 is 25.0 Å². The molecule has 2 N–H and O–H groups in total. The molecule has 5 rings (SSSR count). The summed E-state index contributed by atoms with van der Waals surface area (Å²) in [5.74, 6) is 2.85. The number of fused-ring (bicyclic) bond motifs is 1. The summed E-state index contributed by atoms with van der Waals surface area (Å²) < 4.78 is 11.2. The van der Waals surface area contributed by atoms with E-state index in [-0.39, 0.29) is 0 Å². The van der Waals surface area contributed by atoms with Gasteiger partial charge in [-0.2, -0.15) is 4.98 Å². The average Bonchev–Trinajstić information content (AvgIpc) is 2.88.